The van der Waals surface area contributed by atoms with E-state index in [1.807, 2.05) is 32.0 Å². The highest BCUT2D eigenvalue weighted by Crippen LogP contribution is 2.42. The van der Waals surface area contributed by atoms with Crippen molar-refractivity contribution < 1.29 is 18.9 Å². The summed E-state index contributed by atoms with van der Waals surface area (Å²) >= 11 is 5.27. The van der Waals surface area contributed by atoms with Crippen LogP contribution in [-0.4, -0.2) is 11.0 Å². The van der Waals surface area contributed by atoms with Crippen LogP contribution in [0.25, 0.3) is 0 Å². The van der Waals surface area contributed by atoms with Gasteiger partial charge in [0.15, 0.2) is 0 Å². The van der Waals surface area contributed by atoms with Gasteiger partial charge in [-0.25, -0.2) is 4.57 Å². The average Bonchev–Trinajstić information content (AvgIpc) is 2.26. The molecule has 2 N–H and O–H groups in total. The van der Waals surface area contributed by atoms with Gasteiger partial charge in [0.25, 0.3) is 0 Å². The van der Waals surface area contributed by atoms with Crippen molar-refractivity contribution in [2.45, 2.75) is 26.9 Å². The highest BCUT2D eigenvalue weighted by molar-refractivity contribution is 7.83. The normalized spacial score (nSPS) is 15.5. The van der Waals surface area contributed by atoms with Crippen molar-refractivity contribution in [1.29, 1.82) is 0 Å². The number of hydrogen-bond donors (Lipinski definition) is 2. The van der Waals surface area contributed by atoms with Gasteiger partial charge in [0.2, 0.25) is 0 Å². The molecule has 0 bridgehead atoms. The largest absolute Gasteiger partial charge is 0.461 e. The highest BCUT2D eigenvalue weighted by Gasteiger charge is 2.18. The lowest BCUT2D eigenvalue weighted by molar-refractivity contribution is 0.0587. The van der Waals surface area contributed by atoms with Crippen LogP contribution in [0.3, 0.4) is 0 Å². The third kappa shape index (κ3) is 6.53. The summed E-state index contributed by atoms with van der Waals surface area (Å²) in [4.78, 5) is 9.10. The van der Waals surface area contributed by atoms with E-state index in [1.165, 1.54) is 0 Å². The smallest absolute Gasteiger partial charge is 0.382 e. The highest BCUT2D eigenvalue weighted by atomic mass is 35.7. The van der Waals surface area contributed by atoms with Crippen LogP contribution in [0, 0.1) is 0 Å². The third-order valence-corrected chi connectivity index (χ3v) is 2.77. The molecular weight excluding hydrogens is 289 g/mol. The molecule has 1 aromatic carbocycles. The molecule has 0 aliphatic heterocycles. The zero-order chi connectivity index (χ0) is 14.5. The number of nitrogens with one attached hydrogen (secondary N) is 1. The molecule has 0 aromatic heterocycles. The Labute approximate surface area is 117 Å². The van der Waals surface area contributed by atoms with Crippen LogP contribution in [0.15, 0.2) is 42.0 Å². The Morgan fingerprint density at radius 1 is 1.37 bits per heavy atom. The molecule has 106 valence electrons. The van der Waals surface area contributed by atoms with E-state index < -0.39 is 6.87 Å². The van der Waals surface area contributed by atoms with Crippen molar-refractivity contribution in [2.75, 3.05) is 0 Å². The fourth-order valence-corrected chi connectivity index (χ4v) is 2.14. The SMILES string of the molecule is CC(NP(=O)(O)Cl)=C(Oc1ccccc1)OC(C)C. The minimum atomic E-state index is -3.92. The van der Waals surface area contributed by atoms with E-state index in [1.54, 1.807) is 19.1 Å². The van der Waals surface area contributed by atoms with Crippen LogP contribution in [0.5, 0.6) is 5.75 Å². The Bertz CT molecular complexity index is 484. The van der Waals surface area contributed by atoms with Gasteiger partial charge in [0, 0.05) is 0 Å². The molecule has 0 saturated carbocycles. The van der Waals surface area contributed by atoms with Gasteiger partial charge in [0.1, 0.15) is 5.75 Å². The molecular formula is C12H17ClNO4P. The van der Waals surface area contributed by atoms with Gasteiger partial charge in [-0.05, 0) is 44.1 Å². The van der Waals surface area contributed by atoms with Gasteiger partial charge in [-0.2, -0.15) is 0 Å². The second-order valence-electron chi connectivity index (χ2n) is 4.11. The number of para-hydroxylation sites is 1. The van der Waals surface area contributed by atoms with Crippen molar-refractivity contribution in [3.8, 4) is 5.75 Å². The first-order chi connectivity index (χ1) is 8.78. The maximum atomic E-state index is 11.1. The Morgan fingerprint density at radius 2 is 1.95 bits per heavy atom. The van der Waals surface area contributed by atoms with Gasteiger partial charge in [-0.3, -0.25) is 0 Å². The summed E-state index contributed by atoms with van der Waals surface area (Å²) in [7, 11) is 0. The maximum absolute atomic E-state index is 11.1. The molecule has 0 fully saturated rings. The molecule has 0 spiro atoms. The zero-order valence-corrected chi connectivity index (χ0v) is 12.6. The van der Waals surface area contributed by atoms with Gasteiger partial charge in [-0.15, -0.1) is 0 Å². The average molecular weight is 306 g/mol. The quantitative estimate of drug-likeness (QED) is 0.621. The molecule has 0 aliphatic rings. The number of hydrogen-bond acceptors (Lipinski definition) is 3. The first kappa shape index (κ1) is 15.9. The fourth-order valence-electron chi connectivity index (χ4n) is 1.25. The zero-order valence-electron chi connectivity index (χ0n) is 11.0. The van der Waals surface area contributed by atoms with Crippen molar-refractivity contribution in [3.05, 3.63) is 42.0 Å². The van der Waals surface area contributed by atoms with E-state index in [9.17, 15) is 4.57 Å². The Morgan fingerprint density at radius 3 is 2.42 bits per heavy atom. The van der Waals surface area contributed by atoms with Crippen molar-refractivity contribution in [3.63, 3.8) is 0 Å². The first-order valence-corrected chi connectivity index (χ1v) is 8.25. The Balaban J connectivity index is 2.94. The molecule has 0 amide bonds. The molecule has 0 heterocycles. The topological polar surface area (TPSA) is 67.8 Å². The molecule has 7 heteroatoms. The molecule has 19 heavy (non-hydrogen) atoms. The van der Waals surface area contributed by atoms with Gasteiger partial charge < -0.3 is 19.5 Å². The summed E-state index contributed by atoms with van der Waals surface area (Å²) in [6.45, 7) is 1.27. The standard InChI is InChI=1S/C12H17ClNO4P/c1-9(2)17-12(10(3)14-19(13,15)16)18-11-7-5-4-6-8-11/h4-9H,1-3H3,(H2,14,15,16). The second-order valence-corrected chi connectivity index (χ2v) is 6.71. The van der Waals surface area contributed by atoms with E-state index in [2.05, 4.69) is 5.09 Å². The minimum Gasteiger partial charge on any atom is -0.461 e. The van der Waals surface area contributed by atoms with Crippen LogP contribution in [-0.2, 0) is 9.30 Å². The maximum Gasteiger partial charge on any atom is 0.382 e. The van der Waals surface area contributed by atoms with Crippen LogP contribution >= 0.6 is 18.1 Å². The monoisotopic (exact) mass is 305 g/mol. The van der Waals surface area contributed by atoms with Crippen molar-refractivity contribution in [2.24, 2.45) is 0 Å². The van der Waals surface area contributed by atoms with E-state index in [0.29, 0.717) is 5.75 Å². The Hall–Kier alpha value is -1.16. The lowest BCUT2D eigenvalue weighted by atomic mass is 10.3. The number of rotatable bonds is 6. The lowest BCUT2D eigenvalue weighted by Crippen LogP contribution is -2.15. The Kier molecular flexibility index (Phi) is 5.73. The molecule has 1 atom stereocenters. The van der Waals surface area contributed by atoms with Gasteiger partial charge in [0.05, 0.1) is 11.8 Å². The van der Waals surface area contributed by atoms with Crippen LogP contribution in [0.1, 0.15) is 20.8 Å². The van der Waals surface area contributed by atoms with Crippen molar-refractivity contribution in [1.82, 2.24) is 5.09 Å². The molecule has 1 aromatic rings. The molecule has 1 unspecified atom stereocenters. The summed E-state index contributed by atoms with van der Waals surface area (Å²) in [6, 6.07) is 8.96. The summed E-state index contributed by atoms with van der Waals surface area (Å²) in [5.41, 5.74) is 0.249. The van der Waals surface area contributed by atoms with E-state index in [-0.39, 0.29) is 17.7 Å². The summed E-state index contributed by atoms with van der Waals surface area (Å²) in [5, 5.41) is 2.25. The summed E-state index contributed by atoms with van der Waals surface area (Å²) < 4.78 is 22.1. The predicted molar refractivity (Wildman–Crippen MR) is 74.8 cm³/mol. The van der Waals surface area contributed by atoms with Crippen LogP contribution < -0.4 is 9.82 Å². The summed E-state index contributed by atoms with van der Waals surface area (Å²) in [6.07, 6.45) is -0.149. The first-order valence-electron chi connectivity index (χ1n) is 5.69. The molecule has 1 rings (SSSR count). The molecule has 0 saturated heterocycles. The van der Waals surface area contributed by atoms with E-state index in [4.69, 9.17) is 25.6 Å². The number of halogens is 1. The fraction of sp³-hybridized carbons (Fsp3) is 0.333. The lowest BCUT2D eigenvalue weighted by Gasteiger charge is -2.18. The predicted octanol–water partition coefficient (Wildman–Crippen LogP) is 3.61. The minimum absolute atomic E-state index is 0.108. The van der Waals surface area contributed by atoms with E-state index in [0.717, 1.165) is 0 Å². The second kappa shape index (κ2) is 6.85. The van der Waals surface area contributed by atoms with E-state index >= 15 is 0 Å². The van der Waals surface area contributed by atoms with Crippen molar-refractivity contribution >= 4 is 18.1 Å². The van der Waals surface area contributed by atoms with Crippen LogP contribution in [0.4, 0.5) is 0 Å². The number of allylic oxidation sites excluding steroid dienone is 1. The molecule has 0 aliphatic carbocycles. The van der Waals surface area contributed by atoms with Gasteiger partial charge in [-0.1, -0.05) is 18.2 Å². The molecule has 5 nitrogen and oxygen atoms in total. The van der Waals surface area contributed by atoms with Gasteiger partial charge >= 0.3 is 12.8 Å². The number of ether oxygens (including phenoxy) is 2. The molecule has 0 radical (unpaired) electrons. The third-order valence-electron chi connectivity index (χ3n) is 1.91. The summed E-state index contributed by atoms with van der Waals surface area (Å²) in [5.74, 6) is 0.665. The van der Waals surface area contributed by atoms with Crippen LogP contribution in [0.2, 0.25) is 0 Å². The number of benzene rings is 1.